The van der Waals surface area contributed by atoms with Crippen molar-refractivity contribution in [2.75, 3.05) is 20.2 Å². The summed E-state index contributed by atoms with van der Waals surface area (Å²) in [6, 6.07) is 1.65. The maximum Gasteiger partial charge on any atom is 0.168 e. The van der Waals surface area contributed by atoms with E-state index in [1.807, 2.05) is 0 Å². The summed E-state index contributed by atoms with van der Waals surface area (Å²) in [6.07, 6.45) is 3.85. The van der Waals surface area contributed by atoms with E-state index in [2.05, 4.69) is 9.88 Å². The van der Waals surface area contributed by atoms with Crippen LogP contribution in [0.1, 0.15) is 28.9 Å². The number of carbonyl (C=O) groups excluding carboxylic acids is 1. The van der Waals surface area contributed by atoms with Crippen LogP contribution in [0, 0.1) is 0 Å². The van der Waals surface area contributed by atoms with Gasteiger partial charge in [0.1, 0.15) is 11.4 Å². The van der Waals surface area contributed by atoms with Crippen molar-refractivity contribution in [3.63, 3.8) is 0 Å². The van der Waals surface area contributed by atoms with Crippen molar-refractivity contribution < 1.29 is 14.6 Å². The largest absolute Gasteiger partial charge is 0.496 e. The molecule has 0 spiro atoms. The van der Waals surface area contributed by atoms with Gasteiger partial charge in [-0.05, 0) is 12.8 Å². The van der Waals surface area contributed by atoms with E-state index in [4.69, 9.17) is 4.74 Å². The monoisotopic (exact) mass is 250 g/mol. The minimum Gasteiger partial charge on any atom is -0.496 e. The van der Waals surface area contributed by atoms with Crippen molar-refractivity contribution in [3.05, 3.63) is 23.5 Å². The Hall–Kier alpha value is -1.46. The van der Waals surface area contributed by atoms with Crippen LogP contribution < -0.4 is 4.74 Å². The molecule has 5 heteroatoms. The van der Waals surface area contributed by atoms with E-state index >= 15 is 0 Å². The highest BCUT2D eigenvalue weighted by Crippen LogP contribution is 2.21. The summed E-state index contributed by atoms with van der Waals surface area (Å²) < 4.78 is 5.28. The zero-order chi connectivity index (χ0) is 13.0. The van der Waals surface area contributed by atoms with Crippen LogP contribution in [0.4, 0.5) is 0 Å². The van der Waals surface area contributed by atoms with Crippen LogP contribution in [0.2, 0.25) is 0 Å². The first-order valence-electron chi connectivity index (χ1n) is 6.11. The van der Waals surface area contributed by atoms with Gasteiger partial charge in [0.25, 0.3) is 0 Å². The minimum atomic E-state index is -0.168. The van der Waals surface area contributed by atoms with E-state index in [1.165, 1.54) is 0 Å². The molecule has 1 fully saturated rings. The molecule has 1 aromatic heterocycles. The lowest BCUT2D eigenvalue weighted by Crippen LogP contribution is -2.35. The summed E-state index contributed by atoms with van der Waals surface area (Å²) in [7, 11) is 1.59. The third kappa shape index (κ3) is 3.05. The lowest BCUT2D eigenvalue weighted by Gasteiger charge is -2.29. The van der Waals surface area contributed by atoms with Crippen molar-refractivity contribution in [3.8, 4) is 5.75 Å². The van der Waals surface area contributed by atoms with Crippen molar-refractivity contribution in [2.24, 2.45) is 0 Å². The van der Waals surface area contributed by atoms with Crippen LogP contribution in [-0.2, 0) is 6.54 Å². The zero-order valence-electron chi connectivity index (χ0n) is 10.5. The quantitative estimate of drug-likeness (QED) is 0.803. The van der Waals surface area contributed by atoms with Gasteiger partial charge >= 0.3 is 0 Å². The van der Waals surface area contributed by atoms with E-state index in [0.717, 1.165) is 38.0 Å². The molecule has 5 nitrogen and oxygen atoms in total. The van der Waals surface area contributed by atoms with Gasteiger partial charge in [0.2, 0.25) is 0 Å². The van der Waals surface area contributed by atoms with Gasteiger partial charge in [0.15, 0.2) is 6.29 Å². The molecule has 1 aliphatic heterocycles. The summed E-state index contributed by atoms with van der Waals surface area (Å²) >= 11 is 0. The first-order chi connectivity index (χ1) is 8.72. The number of aliphatic hydroxyl groups is 1. The molecular formula is C13H18N2O3. The van der Waals surface area contributed by atoms with Gasteiger partial charge in [-0.25, -0.2) is 0 Å². The molecule has 1 N–H and O–H groups in total. The third-order valence-corrected chi connectivity index (χ3v) is 3.26. The standard InChI is InChI=1S/C13H18N2O3/c1-18-13-6-11(9-16)14-7-10(13)8-15-4-2-12(17)3-5-15/h6-7,9,12,17H,2-5,8H2,1H3. The number of aliphatic hydroxyl groups excluding tert-OH is 1. The highest BCUT2D eigenvalue weighted by atomic mass is 16.5. The molecule has 0 radical (unpaired) electrons. The molecule has 2 rings (SSSR count). The first-order valence-corrected chi connectivity index (χ1v) is 6.11. The normalized spacial score (nSPS) is 17.7. The molecule has 1 aliphatic rings. The second-order valence-electron chi connectivity index (χ2n) is 4.55. The molecule has 0 atom stereocenters. The van der Waals surface area contributed by atoms with Gasteiger partial charge in [-0.2, -0.15) is 0 Å². The Morgan fingerprint density at radius 3 is 2.89 bits per heavy atom. The third-order valence-electron chi connectivity index (χ3n) is 3.26. The molecule has 0 aromatic carbocycles. The van der Waals surface area contributed by atoms with Gasteiger partial charge in [0.05, 0.1) is 13.2 Å². The van der Waals surface area contributed by atoms with Gasteiger partial charge in [-0.15, -0.1) is 0 Å². The van der Waals surface area contributed by atoms with Crippen LogP contribution in [0.3, 0.4) is 0 Å². The number of hydrogen-bond donors (Lipinski definition) is 1. The Labute approximate surface area is 106 Å². The zero-order valence-corrected chi connectivity index (χ0v) is 10.5. The van der Waals surface area contributed by atoms with Crippen molar-refractivity contribution >= 4 is 6.29 Å². The Morgan fingerprint density at radius 1 is 1.56 bits per heavy atom. The molecule has 98 valence electrons. The summed E-state index contributed by atoms with van der Waals surface area (Å²) in [5.41, 5.74) is 1.35. The maximum absolute atomic E-state index is 10.7. The molecule has 0 aliphatic carbocycles. The Balaban J connectivity index is 2.06. The number of hydrogen-bond acceptors (Lipinski definition) is 5. The van der Waals surface area contributed by atoms with Crippen LogP contribution >= 0.6 is 0 Å². The fourth-order valence-corrected chi connectivity index (χ4v) is 2.17. The number of methoxy groups -OCH3 is 1. The van der Waals surface area contributed by atoms with Gasteiger partial charge in [-0.3, -0.25) is 14.7 Å². The van der Waals surface area contributed by atoms with Crippen LogP contribution in [0.25, 0.3) is 0 Å². The second-order valence-corrected chi connectivity index (χ2v) is 4.55. The Morgan fingerprint density at radius 2 is 2.28 bits per heavy atom. The van der Waals surface area contributed by atoms with E-state index < -0.39 is 0 Å². The molecule has 0 bridgehead atoms. The number of nitrogens with zero attached hydrogens (tertiary/aromatic N) is 2. The first kappa shape index (κ1) is 13.0. The van der Waals surface area contributed by atoms with Crippen molar-refractivity contribution in [2.45, 2.75) is 25.5 Å². The Kier molecular flexibility index (Phi) is 4.28. The van der Waals surface area contributed by atoms with Crippen LogP contribution in [-0.4, -0.2) is 47.6 Å². The average Bonchev–Trinajstić information content (AvgIpc) is 2.41. The number of piperidine rings is 1. The fraction of sp³-hybridized carbons (Fsp3) is 0.538. The van der Waals surface area contributed by atoms with Crippen molar-refractivity contribution in [1.29, 1.82) is 0 Å². The lowest BCUT2D eigenvalue weighted by molar-refractivity contribution is 0.0788. The SMILES string of the molecule is COc1cc(C=O)ncc1CN1CCC(O)CC1. The summed E-state index contributed by atoms with van der Waals surface area (Å²) in [5.74, 6) is 0.693. The molecule has 18 heavy (non-hydrogen) atoms. The van der Waals surface area contributed by atoms with Crippen LogP contribution in [0.5, 0.6) is 5.75 Å². The molecule has 0 amide bonds. The number of pyridine rings is 1. The maximum atomic E-state index is 10.7. The molecule has 0 unspecified atom stereocenters. The number of likely N-dealkylation sites (tertiary alicyclic amines) is 1. The summed E-state index contributed by atoms with van der Waals surface area (Å²) in [4.78, 5) is 17.0. The predicted octanol–water partition coefficient (Wildman–Crippen LogP) is 0.859. The minimum absolute atomic E-state index is 0.168. The van der Waals surface area contributed by atoms with Gasteiger partial charge in [0, 0.05) is 37.5 Å². The molecule has 2 heterocycles. The molecular weight excluding hydrogens is 232 g/mol. The number of ether oxygens (including phenoxy) is 1. The lowest BCUT2D eigenvalue weighted by atomic mass is 10.1. The van der Waals surface area contributed by atoms with E-state index in [-0.39, 0.29) is 6.10 Å². The summed E-state index contributed by atoms with van der Waals surface area (Å²) in [5, 5.41) is 9.46. The van der Waals surface area contributed by atoms with Gasteiger partial charge in [-0.1, -0.05) is 0 Å². The second kappa shape index (κ2) is 5.93. The fourth-order valence-electron chi connectivity index (χ4n) is 2.17. The van der Waals surface area contributed by atoms with E-state index in [0.29, 0.717) is 17.7 Å². The topological polar surface area (TPSA) is 62.7 Å². The average molecular weight is 250 g/mol. The molecule has 1 saturated heterocycles. The van der Waals surface area contributed by atoms with E-state index in [1.54, 1.807) is 19.4 Å². The number of carbonyl (C=O) groups is 1. The number of aldehydes is 1. The highest BCUT2D eigenvalue weighted by molar-refractivity contribution is 5.72. The van der Waals surface area contributed by atoms with E-state index in [9.17, 15) is 9.90 Å². The van der Waals surface area contributed by atoms with Gasteiger partial charge < -0.3 is 9.84 Å². The smallest absolute Gasteiger partial charge is 0.168 e. The van der Waals surface area contributed by atoms with Crippen molar-refractivity contribution in [1.82, 2.24) is 9.88 Å². The Bertz CT molecular complexity index is 415. The molecule has 1 aromatic rings. The molecule has 0 saturated carbocycles. The number of aromatic nitrogens is 1. The highest BCUT2D eigenvalue weighted by Gasteiger charge is 2.18. The number of rotatable bonds is 4. The predicted molar refractivity (Wildman–Crippen MR) is 66.7 cm³/mol. The van der Waals surface area contributed by atoms with Crippen LogP contribution in [0.15, 0.2) is 12.3 Å². The summed E-state index contributed by atoms with van der Waals surface area (Å²) in [6.45, 7) is 2.49.